The quantitative estimate of drug-likeness (QED) is 0.00606. The number of nitrogens with one attached hydrogen (secondary N) is 2. The van der Waals surface area contributed by atoms with Gasteiger partial charge in [0.2, 0.25) is 18.1 Å². The molecule has 0 radical (unpaired) electrons. The first-order valence-corrected chi connectivity index (χ1v) is 42.1. The normalized spacial score (nSPS) is 11.4. The Morgan fingerprint density at radius 1 is 0.492 bits per heavy atom. The maximum atomic E-state index is 13.2. The second-order valence-corrected chi connectivity index (χ2v) is 30.1. The Labute approximate surface area is 766 Å². The first-order valence-electron chi connectivity index (χ1n) is 42.1. The van der Waals surface area contributed by atoms with Crippen LogP contribution in [0.15, 0.2) is 168 Å². The first-order chi connectivity index (χ1) is 61.7. The number of anilines is 1. The second kappa shape index (κ2) is 63.5. The molecule has 2 heterocycles. The topological polar surface area (TPSA) is 448 Å². The maximum Gasteiger partial charge on any atom is 1.00 e. The molecule has 8 aromatic rings. The van der Waals surface area contributed by atoms with E-state index in [2.05, 4.69) is 52.8 Å². The van der Waals surface area contributed by atoms with Crippen molar-refractivity contribution in [2.75, 3.05) is 164 Å². The summed E-state index contributed by atoms with van der Waals surface area (Å²) in [4.78, 5) is 112. The van der Waals surface area contributed by atoms with E-state index in [0.29, 0.717) is 157 Å². The summed E-state index contributed by atoms with van der Waals surface area (Å²) >= 11 is 0. The van der Waals surface area contributed by atoms with E-state index >= 15 is 0 Å². The molecule has 130 heavy (non-hydrogen) atoms. The molecule has 2 aromatic heterocycles. The zero-order valence-corrected chi connectivity index (χ0v) is 74.8. The fourth-order valence-corrected chi connectivity index (χ4v) is 12.5. The number of pyridine rings is 2. The number of nitrogens with zero attached hydrogens (tertiary/aromatic N) is 9. The Morgan fingerprint density at radius 3 is 1.28 bits per heavy atom. The van der Waals surface area contributed by atoms with E-state index in [0.717, 1.165) is 96.1 Å². The van der Waals surface area contributed by atoms with Gasteiger partial charge in [0.05, 0.1) is 139 Å². The van der Waals surface area contributed by atoms with E-state index in [1.54, 1.807) is 39.2 Å². The van der Waals surface area contributed by atoms with Crippen molar-refractivity contribution >= 4 is 75.1 Å². The minimum absolute atomic E-state index is 0. The summed E-state index contributed by atoms with van der Waals surface area (Å²) in [5.74, 6) is -1.47. The average Bonchev–Trinajstić information content (AvgIpc) is 0.810. The van der Waals surface area contributed by atoms with Gasteiger partial charge in [0, 0.05) is 85.1 Å². The van der Waals surface area contributed by atoms with Gasteiger partial charge in [-0.15, -0.1) is 0 Å². The van der Waals surface area contributed by atoms with E-state index in [4.69, 9.17) is 72.7 Å². The van der Waals surface area contributed by atoms with Gasteiger partial charge in [-0.25, -0.2) is 9.78 Å². The zero-order valence-electron chi connectivity index (χ0n) is 74.8. The summed E-state index contributed by atoms with van der Waals surface area (Å²) in [5, 5.41) is 25.9. The molecule has 6 aromatic carbocycles. The van der Waals surface area contributed by atoms with Crippen LogP contribution in [0.2, 0.25) is 0 Å². The number of fused-ring (bicyclic) bond motifs is 2. The number of amides is 3. The minimum Gasteiger partial charge on any atom is -0.870 e. The largest absolute Gasteiger partial charge is 1.00 e. The van der Waals surface area contributed by atoms with Crippen LogP contribution in [0, 0.1) is 13.8 Å². The van der Waals surface area contributed by atoms with Gasteiger partial charge in [0.15, 0.2) is 11.6 Å². The number of halogens is 3. The Bertz CT molecular complexity index is 4850. The molecule has 0 unspecified atom stereocenters. The van der Waals surface area contributed by atoms with E-state index < -0.39 is 47.9 Å². The van der Waals surface area contributed by atoms with E-state index in [1.807, 2.05) is 141 Å². The predicted octanol–water partition coefficient (Wildman–Crippen LogP) is 12.5. The molecule has 0 bridgehead atoms. The van der Waals surface area contributed by atoms with Crippen molar-refractivity contribution in [2.24, 2.45) is 10.2 Å². The van der Waals surface area contributed by atoms with Gasteiger partial charge in [0.25, 0.3) is 0 Å². The van der Waals surface area contributed by atoms with Gasteiger partial charge >= 0.3 is 43.1 Å². The molecule has 3 amide bonds. The third kappa shape index (κ3) is 47.2. The maximum absolute atomic E-state index is 13.2. The van der Waals surface area contributed by atoms with Crippen LogP contribution < -0.4 is 43.9 Å². The summed E-state index contributed by atoms with van der Waals surface area (Å²) < 4.78 is 97.1. The van der Waals surface area contributed by atoms with Crippen LogP contribution in [0.4, 0.5) is 23.8 Å². The minimum atomic E-state index is -4.64. The molecule has 2 atom stereocenters. The van der Waals surface area contributed by atoms with Gasteiger partial charge in [-0.2, -0.15) is 13.2 Å². The molecule has 0 aliphatic carbocycles. The third-order valence-electron chi connectivity index (χ3n) is 18.8. The number of carbonyl (C=O) groups excluding carboxylic acids is 7. The molecule has 0 saturated heterocycles. The standard InChI is InChI=1S/C48H62N6O11.C43H53N5O9.C2HF3O.Li.H2O/c1-35-16-17-50-44(29-35)54(47(58)65-48(2,3)4)19-6-7-45(56)51-34-42(55)31-41(33-46(57)59-5)37-10-8-36(9-11-37)38-12-13-40-32-43(15-14-39(40)30-38)64-28-27-63-26-25-62-24-23-61-22-21-60-20-18-52-53-49;1-32-14-15-45-39(26-32)4-2-3-5-42(50)46-31-40(49)28-38(30-43(51)52)34-8-6-33(7-9-34)35-10-11-37-29-41(13-12-36(37)27-35)57-25-24-56-23-22-55-21-20-54-19-18-53-17-16-47-48-44;3-2(4,5)1-6;;/h8-17,29-30,32,41H,6-7,18-28,31,33-34H2,1-5H3,(H,51,56);6-15,26-27,29,38H,2-5,16-25,28,30-31H2,1H3,(H,46,50)(H,51,52);1H;;1H2/q;;;+1;/p-1/t41-;38-;;;/m00.../s1. The smallest absolute Gasteiger partial charge is 0.870 e. The Morgan fingerprint density at radius 2 is 0.877 bits per heavy atom. The second-order valence-electron chi connectivity index (χ2n) is 30.1. The molecule has 0 fully saturated rings. The number of carboxylic acids is 1. The van der Waals surface area contributed by atoms with Gasteiger partial charge in [-0.1, -0.05) is 95.2 Å². The molecule has 8 rings (SSSR count). The molecule has 698 valence electrons. The van der Waals surface area contributed by atoms with Gasteiger partial charge in [-0.05, 0) is 198 Å². The molecule has 37 heteroatoms. The number of rotatable bonds is 58. The van der Waals surface area contributed by atoms with Crippen LogP contribution in [0.5, 0.6) is 11.5 Å². The number of unbranched alkanes of at least 4 members (excludes halogenated alkanes) is 1. The van der Waals surface area contributed by atoms with Crippen LogP contribution in [-0.4, -0.2) is 239 Å². The molecule has 0 spiro atoms. The average molecular weight is 1800 g/mol. The summed E-state index contributed by atoms with van der Waals surface area (Å²) in [6.45, 7) is 17.4. The van der Waals surface area contributed by atoms with Crippen molar-refractivity contribution in [3.63, 3.8) is 0 Å². The number of methoxy groups -OCH3 is 1. The number of benzene rings is 6. The SMILES string of the molecule is COC(=O)C[C@H](CC(=O)CNC(=O)CCCN(C(=O)OC(C)(C)C)c1cc(C)ccn1)c1ccc(-c2ccc3cc(OCCOCCOCCOCCOCCN=[N+]=[N-])ccc3c2)cc1.Cc1ccnc(CCCCC(=O)NCC(=O)C[C@@H](CC(=O)O)c2ccc(-c3ccc4cc(OCCOCCOCCOCCOCCN=[N+]=[N-])ccc4c3)cc2)c1.O=CC(F)(F)F.[Li+].[OH-]. The summed E-state index contributed by atoms with van der Waals surface area (Å²) in [6.07, 6.45) is -0.00941. The van der Waals surface area contributed by atoms with Gasteiger partial charge in [-0.3, -0.25) is 43.4 Å². The number of alkyl halides is 3. The molecular weight excluding hydrogens is 1690 g/mol. The number of carboxylic acid groups (broad SMARTS) is 1. The monoisotopic (exact) mass is 1800 g/mol. The number of aromatic nitrogens is 2. The van der Waals surface area contributed by atoms with Crippen LogP contribution in [0.1, 0.15) is 118 Å². The van der Waals surface area contributed by atoms with Crippen molar-refractivity contribution in [2.45, 2.75) is 122 Å². The number of ether oxygens (including phenoxy) is 12. The number of aldehydes is 1. The van der Waals surface area contributed by atoms with Gasteiger partial charge < -0.3 is 78.1 Å². The van der Waals surface area contributed by atoms with Crippen molar-refractivity contribution in [3.05, 3.63) is 207 Å². The van der Waals surface area contributed by atoms with Crippen LogP contribution in [0.25, 0.3) is 64.7 Å². The van der Waals surface area contributed by atoms with E-state index in [9.17, 15) is 51.8 Å². The number of hydrogen-bond donors (Lipinski definition) is 3. The van der Waals surface area contributed by atoms with Crippen molar-refractivity contribution in [1.29, 1.82) is 0 Å². The first kappa shape index (κ1) is 111. The van der Waals surface area contributed by atoms with Crippen molar-refractivity contribution in [1.82, 2.24) is 20.6 Å². The van der Waals surface area contributed by atoms with E-state index in [-0.39, 0.29) is 99.5 Å². The van der Waals surface area contributed by atoms with E-state index in [1.165, 1.54) is 12.0 Å². The summed E-state index contributed by atoms with van der Waals surface area (Å²) in [5.41, 5.74) is 24.3. The molecular formula is C93H117F3LiN11O22. The Balaban J connectivity index is 0.000000508. The molecule has 33 nitrogen and oxygen atoms in total. The number of azide groups is 2. The molecule has 0 aliphatic heterocycles. The summed E-state index contributed by atoms with van der Waals surface area (Å²) in [7, 11) is 1.31. The number of carbonyl (C=O) groups is 8. The van der Waals surface area contributed by atoms with Crippen LogP contribution in [0.3, 0.4) is 0 Å². The predicted molar refractivity (Wildman–Crippen MR) is 476 cm³/mol. The molecule has 0 aliphatic rings. The summed E-state index contributed by atoms with van der Waals surface area (Å²) in [6, 6.07) is 47.1. The number of Topliss-reactive ketones (excluding diaryl/α,β-unsaturated/α-hetero) is 2. The van der Waals surface area contributed by atoms with Crippen LogP contribution >= 0.6 is 0 Å². The van der Waals surface area contributed by atoms with Crippen molar-refractivity contribution < 1.29 is 138 Å². The Kier molecular flexibility index (Phi) is 54.2. The fraction of sp³-hybridized carbons (Fsp3) is 0.462. The third-order valence-corrected chi connectivity index (χ3v) is 18.8. The van der Waals surface area contributed by atoms with Gasteiger partial charge in [0.1, 0.15) is 36.1 Å². The number of aryl methyl sites for hydroxylation is 3. The molecule has 4 N–H and O–H groups in total. The van der Waals surface area contributed by atoms with Crippen molar-refractivity contribution in [3.8, 4) is 33.8 Å². The number of ketones is 2. The Hall–Kier alpha value is -11.5. The fourth-order valence-electron chi connectivity index (χ4n) is 12.5. The number of hydrogen-bond acceptors (Lipinski definition) is 25. The van der Waals surface area contributed by atoms with Crippen LogP contribution in [-0.2, 0) is 87.4 Å². The number of esters is 1. The number of aliphatic carboxylic acids is 1. The zero-order chi connectivity index (χ0) is 92.6. The molecule has 0 saturated carbocycles.